The summed E-state index contributed by atoms with van der Waals surface area (Å²) in [5, 5.41) is 14.9. The summed E-state index contributed by atoms with van der Waals surface area (Å²) in [4.78, 5) is 22.9. The first-order valence-corrected chi connectivity index (χ1v) is 6.50. The topological polar surface area (TPSA) is 78.4 Å². The van der Waals surface area contributed by atoms with Crippen LogP contribution >= 0.6 is 0 Å². The highest BCUT2D eigenvalue weighted by molar-refractivity contribution is 5.83. The number of carboxylic acids is 1. The molecular weight excluding hydrogens is 232 g/mol. The van der Waals surface area contributed by atoms with Gasteiger partial charge >= 0.3 is 5.97 Å². The van der Waals surface area contributed by atoms with E-state index in [4.69, 9.17) is 5.11 Å². The highest BCUT2D eigenvalue weighted by Gasteiger charge is 2.36. The number of rotatable bonds is 5. The van der Waals surface area contributed by atoms with Crippen LogP contribution in [0.5, 0.6) is 0 Å². The SMILES string of the molecule is CC(C)(CCC(=O)O)NC(=O)C1(C)CCNCC1. The Morgan fingerprint density at radius 1 is 1.33 bits per heavy atom. The fraction of sp³-hybridized carbons (Fsp3) is 0.846. The van der Waals surface area contributed by atoms with E-state index in [1.165, 1.54) is 0 Å². The first-order valence-electron chi connectivity index (χ1n) is 6.50. The smallest absolute Gasteiger partial charge is 0.303 e. The molecule has 1 amide bonds. The first kappa shape index (κ1) is 15.0. The van der Waals surface area contributed by atoms with Gasteiger partial charge in [0.25, 0.3) is 0 Å². The van der Waals surface area contributed by atoms with Crippen molar-refractivity contribution in [2.24, 2.45) is 5.41 Å². The third-order valence-corrected chi connectivity index (χ3v) is 3.67. The number of hydrogen-bond donors (Lipinski definition) is 3. The predicted molar refractivity (Wildman–Crippen MR) is 69.3 cm³/mol. The van der Waals surface area contributed by atoms with E-state index in [2.05, 4.69) is 10.6 Å². The standard InChI is InChI=1S/C13H24N2O3/c1-12(2,5-4-10(16)17)15-11(18)13(3)6-8-14-9-7-13/h14H,4-9H2,1-3H3,(H,15,18)(H,16,17). The molecular formula is C13H24N2O3. The minimum absolute atomic E-state index is 0.0411. The van der Waals surface area contributed by atoms with Crippen LogP contribution in [0.15, 0.2) is 0 Å². The summed E-state index contributed by atoms with van der Waals surface area (Å²) in [7, 11) is 0. The lowest BCUT2D eigenvalue weighted by Crippen LogP contribution is -2.52. The lowest BCUT2D eigenvalue weighted by molar-refractivity contribution is -0.138. The fourth-order valence-electron chi connectivity index (χ4n) is 2.15. The molecule has 0 aliphatic carbocycles. The van der Waals surface area contributed by atoms with Crippen LogP contribution in [0.4, 0.5) is 0 Å². The molecule has 0 atom stereocenters. The Labute approximate surface area is 108 Å². The Kier molecular flexibility index (Phi) is 4.73. The molecule has 1 aliphatic rings. The molecule has 18 heavy (non-hydrogen) atoms. The van der Waals surface area contributed by atoms with Crippen molar-refractivity contribution in [1.82, 2.24) is 10.6 Å². The number of hydrogen-bond acceptors (Lipinski definition) is 3. The minimum atomic E-state index is -0.828. The van der Waals surface area contributed by atoms with Gasteiger partial charge in [-0.25, -0.2) is 0 Å². The monoisotopic (exact) mass is 256 g/mol. The number of amides is 1. The molecule has 1 rings (SSSR count). The Morgan fingerprint density at radius 3 is 2.39 bits per heavy atom. The van der Waals surface area contributed by atoms with Crippen molar-refractivity contribution in [1.29, 1.82) is 0 Å². The molecule has 104 valence electrons. The summed E-state index contributed by atoms with van der Waals surface area (Å²) in [6.45, 7) is 7.45. The molecule has 0 aromatic heterocycles. The van der Waals surface area contributed by atoms with E-state index in [9.17, 15) is 9.59 Å². The number of carboxylic acid groups (broad SMARTS) is 1. The molecule has 0 aromatic rings. The second kappa shape index (κ2) is 5.69. The summed E-state index contributed by atoms with van der Waals surface area (Å²) in [5.41, 5.74) is -0.797. The summed E-state index contributed by atoms with van der Waals surface area (Å²) in [6, 6.07) is 0. The van der Waals surface area contributed by atoms with Crippen molar-refractivity contribution in [2.75, 3.05) is 13.1 Å². The largest absolute Gasteiger partial charge is 0.481 e. The van der Waals surface area contributed by atoms with E-state index in [-0.39, 0.29) is 17.7 Å². The lowest BCUT2D eigenvalue weighted by Gasteiger charge is -2.36. The van der Waals surface area contributed by atoms with Gasteiger partial charge in [-0.05, 0) is 46.2 Å². The normalized spacial score (nSPS) is 19.3. The summed E-state index contributed by atoms with van der Waals surface area (Å²) < 4.78 is 0. The molecule has 1 fully saturated rings. The molecule has 0 radical (unpaired) electrons. The summed E-state index contributed by atoms with van der Waals surface area (Å²) in [6.07, 6.45) is 2.18. The Morgan fingerprint density at radius 2 is 1.89 bits per heavy atom. The molecule has 0 saturated carbocycles. The van der Waals surface area contributed by atoms with Gasteiger partial charge in [0.2, 0.25) is 5.91 Å². The zero-order valence-electron chi connectivity index (χ0n) is 11.5. The van der Waals surface area contributed by atoms with Crippen LogP contribution < -0.4 is 10.6 Å². The minimum Gasteiger partial charge on any atom is -0.481 e. The third kappa shape index (κ3) is 4.29. The average molecular weight is 256 g/mol. The third-order valence-electron chi connectivity index (χ3n) is 3.67. The van der Waals surface area contributed by atoms with Crippen LogP contribution in [0.1, 0.15) is 46.5 Å². The molecule has 0 unspecified atom stereocenters. The molecule has 0 bridgehead atoms. The van der Waals surface area contributed by atoms with Gasteiger partial charge < -0.3 is 15.7 Å². The lowest BCUT2D eigenvalue weighted by atomic mass is 9.79. The number of piperidine rings is 1. The number of carbonyl (C=O) groups excluding carboxylic acids is 1. The number of aliphatic carboxylic acids is 1. The Bertz CT molecular complexity index is 320. The molecule has 1 aliphatic heterocycles. The van der Waals surface area contributed by atoms with E-state index < -0.39 is 11.5 Å². The summed E-state index contributed by atoms with van der Waals surface area (Å²) >= 11 is 0. The Balaban J connectivity index is 2.54. The van der Waals surface area contributed by atoms with E-state index in [0.717, 1.165) is 25.9 Å². The van der Waals surface area contributed by atoms with Gasteiger partial charge in [0.05, 0.1) is 0 Å². The fourth-order valence-corrected chi connectivity index (χ4v) is 2.15. The highest BCUT2D eigenvalue weighted by atomic mass is 16.4. The van der Waals surface area contributed by atoms with E-state index in [1.54, 1.807) is 0 Å². The molecule has 3 N–H and O–H groups in total. The van der Waals surface area contributed by atoms with Gasteiger partial charge in [0.1, 0.15) is 0 Å². The molecule has 1 heterocycles. The number of carbonyl (C=O) groups is 2. The van der Waals surface area contributed by atoms with Gasteiger partial charge in [0, 0.05) is 17.4 Å². The van der Waals surface area contributed by atoms with Crippen LogP contribution in [0, 0.1) is 5.41 Å². The van der Waals surface area contributed by atoms with Gasteiger partial charge in [-0.2, -0.15) is 0 Å². The van der Waals surface area contributed by atoms with E-state index >= 15 is 0 Å². The molecule has 5 nitrogen and oxygen atoms in total. The molecule has 0 aromatic carbocycles. The quantitative estimate of drug-likeness (QED) is 0.689. The zero-order chi connectivity index (χ0) is 13.8. The van der Waals surface area contributed by atoms with Gasteiger partial charge in [-0.15, -0.1) is 0 Å². The van der Waals surface area contributed by atoms with Crippen molar-refractivity contribution in [3.63, 3.8) is 0 Å². The first-order chi connectivity index (χ1) is 8.25. The maximum Gasteiger partial charge on any atom is 0.303 e. The highest BCUT2D eigenvalue weighted by Crippen LogP contribution is 2.29. The van der Waals surface area contributed by atoms with Crippen molar-refractivity contribution in [3.05, 3.63) is 0 Å². The van der Waals surface area contributed by atoms with Gasteiger partial charge in [0.15, 0.2) is 0 Å². The molecule has 0 spiro atoms. The predicted octanol–water partition coefficient (Wildman–Crippen LogP) is 1.14. The van der Waals surface area contributed by atoms with Crippen LogP contribution in [-0.4, -0.2) is 35.6 Å². The average Bonchev–Trinajstić information content (AvgIpc) is 2.27. The van der Waals surface area contributed by atoms with Crippen LogP contribution in [0.2, 0.25) is 0 Å². The van der Waals surface area contributed by atoms with Crippen molar-refractivity contribution in [3.8, 4) is 0 Å². The van der Waals surface area contributed by atoms with E-state index in [1.807, 2.05) is 20.8 Å². The van der Waals surface area contributed by atoms with Gasteiger partial charge in [-0.1, -0.05) is 6.92 Å². The number of nitrogens with one attached hydrogen (secondary N) is 2. The van der Waals surface area contributed by atoms with Crippen molar-refractivity contribution in [2.45, 2.75) is 52.0 Å². The second-order valence-electron chi connectivity index (χ2n) is 6.04. The Hall–Kier alpha value is -1.10. The van der Waals surface area contributed by atoms with Crippen molar-refractivity contribution >= 4 is 11.9 Å². The van der Waals surface area contributed by atoms with Crippen molar-refractivity contribution < 1.29 is 14.7 Å². The molecule has 1 saturated heterocycles. The van der Waals surface area contributed by atoms with Gasteiger partial charge in [-0.3, -0.25) is 9.59 Å². The maximum absolute atomic E-state index is 12.3. The van der Waals surface area contributed by atoms with Crippen LogP contribution in [-0.2, 0) is 9.59 Å². The second-order valence-corrected chi connectivity index (χ2v) is 6.04. The summed E-state index contributed by atoms with van der Waals surface area (Å²) in [5.74, 6) is -0.787. The zero-order valence-corrected chi connectivity index (χ0v) is 11.5. The van der Waals surface area contributed by atoms with Crippen LogP contribution in [0.3, 0.4) is 0 Å². The molecule has 5 heteroatoms. The van der Waals surface area contributed by atoms with Crippen LogP contribution in [0.25, 0.3) is 0 Å². The maximum atomic E-state index is 12.3. The van der Waals surface area contributed by atoms with E-state index in [0.29, 0.717) is 6.42 Å².